The van der Waals surface area contributed by atoms with E-state index in [1.54, 1.807) is 13.8 Å². The maximum Gasteiger partial charge on any atom is 0.398 e. The van der Waals surface area contributed by atoms with Crippen molar-refractivity contribution in [2.24, 2.45) is 11.3 Å². The summed E-state index contributed by atoms with van der Waals surface area (Å²) in [6.07, 6.45) is -1.97. The molecule has 4 heteroatoms. The Morgan fingerprint density at radius 2 is 2.00 bits per heavy atom. The van der Waals surface area contributed by atoms with Gasteiger partial charge in [0, 0.05) is 0 Å². The van der Waals surface area contributed by atoms with E-state index < -0.39 is 23.3 Å². The highest BCUT2D eigenvalue weighted by Gasteiger charge is 2.47. The summed E-state index contributed by atoms with van der Waals surface area (Å²) in [4.78, 5) is 10.9. The molecule has 1 aliphatic rings. The van der Waals surface area contributed by atoms with Gasteiger partial charge in [-0.3, -0.25) is 4.79 Å². The number of carbonyl (C=O) groups excluding carboxylic acids is 1. The van der Waals surface area contributed by atoms with Crippen LogP contribution in [0, 0.1) is 11.3 Å². The summed E-state index contributed by atoms with van der Waals surface area (Å²) in [5, 5.41) is 0. The van der Waals surface area contributed by atoms with E-state index in [0.717, 1.165) is 6.08 Å². The average Bonchev–Trinajstić information content (AvgIpc) is 1.92. The molecule has 1 atom stereocenters. The van der Waals surface area contributed by atoms with Crippen molar-refractivity contribution < 1.29 is 18.0 Å². The van der Waals surface area contributed by atoms with Crippen molar-refractivity contribution in [3.63, 3.8) is 0 Å². The first-order valence-corrected chi connectivity index (χ1v) is 4.02. The Balaban J connectivity index is 2.91. The third-order valence-corrected chi connectivity index (χ3v) is 2.17. The van der Waals surface area contributed by atoms with Gasteiger partial charge in [0.05, 0.1) is 0 Å². The van der Waals surface area contributed by atoms with Gasteiger partial charge in [-0.25, -0.2) is 0 Å². The third kappa shape index (κ3) is 2.32. The molecule has 0 heterocycles. The summed E-state index contributed by atoms with van der Waals surface area (Å²) in [5.41, 5.74) is -0.534. The van der Waals surface area contributed by atoms with Crippen molar-refractivity contribution in [2.45, 2.75) is 26.4 Å². The second kappa shape index (κ2) is 2.86. The van der Waals surface area contributed by atoms with Crippen LogP contribution < -0.4 is 0 Å². The molecular formula is C9H11F3O. The minimum absolute atomic E-state index is 0.147. The smallest absolute Gasteiger partial charge is 0.294 e. The van der Waals surface area contributed by atoms with Crippen LogP contribution in [0.2, 0.25) is 0 Å². The second-order valence-electron chi connectivity index (χ2n) is 4.02. The number of allylic oxidation sites excluding steroid dienone is 2. The van der Waals surface area contributed by atoms with Crippen molar-refractivity contribution in [3.8, 4) is 0 Å². The van der Waals surface area contributed by atoms with E-state index in [1.165, 1.54) is 6.08 Å². The molecule has 1 rings (SSSR count). The molecule has 0 spiro atoms. The molecule has 0 saturated heterocycles. The quantitative estimate of drug-likeness (QED) is 0.576. The van der Waals surface area contributed by atoms with E-state index in [0.29, 0.717) is 0 Å². The van der Waals surface area contributed by atoms with Crippen molar-refractivity contribution in [2.75, 3.05) is 0 Å². The molecule has 0 N–H and O–H groups in total. The first-order chi connectivity index (χ1) is 5.72. The molecule has 0 fully saturated rings. The lowest BCUT2D eigenvalue weighted by atomic mass is 9.76. The van der Waals surface area contributed by atoms with Gasteiger partial charge < -0.3 is 0 Å². The minimum atomic E-state index is -4.40. The molecule has 1 nitrogen and oxygen atoms in total. The lowest BCUT2D eigenvalue weighted by Gasteiger charge is -2.30. The predicted octanol–water partition coefficient (Wildman–Crippen LogP) is 2.72. The van der Waals surface area contributed by atoms with E-state index in [2.05, 4.69) is 0 Å². The van der Waals surface area contributed by atoms with Crippen molar-refractivity contribution in [3.05, 3.63) is 12.2 Å². The largest absolute Gasteiger partial charge is 0.398 e. The normalized spacial score (nSPS) is 27.8. The van der Waals surface area contributed by atoms with E-state index in [4.69, 9.17) is 0 Å². The minimum Gasteiger partial charge on any atom is -0.294 e. The maximum absolute atomic E-state index is 12.3. The average molecular weight is 192 g/mol. The first-order valence-electron chi connectivity index (χ1n) is 4.02. The zero-order valence-electron chi connectivity index (χ0n) is 7.48. The Morgan fingerprint density at radius 1 is 1.46 bits per heavy atom. The molecule has 0 bridgehead atoms. The third-order valence-electron chi connectivity index (χ3n) is 2.17. The van der Waals surface area contributed by atoms with Gasteiger partial charge in [-0.2, -0.15) is 13.2 Å². The zero-order chi connectivity index (χ0) is 10.3. The summed E-state index contributed by atoms with van der Waals surface area (Å²) in [6, 6.07) is 0. The first kappa shape index (κ1) is 10.3. The highest BCUT2D eigenvalue weighted by atomic mass is 19.4. The van der Waals surface area contributed by atoms with Crippen LogP contribution in [0.3, 0.4) is 0 Å². The van der Waals surface area contributed by atoms with Gasteiger partial charge in [-0.15, -0.1) is 0 Å². The molecule has 0 aromatic rings. The summed E-state index contributed by atoms with van der Waals surface area (Å²) in [5.74, 6) is -2.64. The Morgan fingerprint density at radius 3 is 2.38 bits per heavy atom. The predicted molar refractivity (Wildman–Crippen MR) is 42.1 cm³/mol. The fourth-order valence-corrected chi connectivity index (χ4v) is 1.40. The Kier molecular flexibility index (Phi) is 2.26. The molecule has 13 heavy (non-hydrogen) atoms. The van der Waals surface area contributed by atoms with Gasteiger partial charge in [-0.05, 0) is 17.9 Å². The Hall–Kier alpha value is -0.800. The second-order valence-corrected chi connectivity index (χ2v) is 4.02. The Bertz CT molecular complexity index is 250. The number of alkyl halides is 3. The van der Waals surface area contributed by atoms with Gasteiger partial charge in [0.25, 0.3) is 0 Å². The lowest BCUT2D eigenvalue weighted by molar-refractivity contribution is -0.184. The number of hydrogen-bond donors (Lipinski definition) is 0. The van der Waals surface area contributed by atoms with Crippen LogP contribution in [0.25, 0.3) is 0 Å². The van der Waals surface area contributed by atoms with Crippen molar-refractivity contribution in [1.29, 1.82) is 0 Å². The van der Waals surface area contributed by atoms with Crippen LogP contribution in [-0.2, 0) is 4.79 Å². The van der Waals surface area contributed by atoms with Crippen LogP contribution in [0.4, 0.5) is 13.2 Å². The number of hydrogen-bond acceptors (Lipinski definition) is 1. The molecule has 1 aliphatic carbocycles. The number of ketones is 1. The Labute approximate surface area is 74.6 Å². The van der Waals surface area contributed by atoms with Crippen LogP contribution >= 0.6 is 0 Å². The van der Waals surface area contributed by atoms with Gasteiger partial charge in [0.15, 0.2) is 5.78 Å². The van der Waals surface area contributed by atoms with Crippen LogP contribution in [0.15, 0.2) is 12.2 Å². The van der Waals surface area contributed by atoms with Crippen LogP contribution in [0.5, 0.6) is 0 Å². The van der Waals surface area contributed by atoms with E-state index in [-0.39, 0.29) is 6.42 Å². The molecule has 0 radical (unpaired) electrons. The summed E-state index contributed by atoms with van der Waals surface area (Å²) < 4.78 is 36.8. The highest BCUT2D eigenvalue weighted by molar-refractivity contribution is 5.93. The zero-order valence-corrected chi connectivity index (χ0v) is 7.48. The van der Waals surface area contributed by atoms with Gasteiger partial charge in [-0.1, -0.05) is 19.9 Å². The SMILES string of the molecule is CC1(C)C=CC(=O)C(C(F)(F)F)C1. The molecular weight excluding hydrogens is 181 g/mol. The number of rotatable bonds is 0. The van der Waals surface area contributed by atoms with Crippen LogP contribution in [-0.4, -0.2) is 12.0 Å². The maximum atomic E-state index is 12.3. The van der Waals surface area contributed by atoms with E-state index >= 15 is 0 Å². The summed E-state index contributed by atoms with van der Waals surface area (Å²) >= 11 is 0. The molecule has 1 unspecified atom stereocenters. The van der Waals surface area contributed by atoms with E-state index in [9.17, 15) is 18.0 Å². The fraction of sp³-hybridized carbons (Fsp3) is 0.667. The van der Waals surface area contributed by atoms with Gasteiger partial charge >= 0.3 is 6.18 Å². The molecule has 0 aliphatic heterocycles. The van der Waals surface area contributed by atoms with E-state index in [1.807, 2.05) is 0 Å². The number of halogens is 3. The molecule has 0 saturated carbocycles. The van der Waals surface area contributed by atoms with Crippen LogP contribution in [0.1, 0.15) is 20.3 Å². The molecule has 0 aromatic carbocycles. The van der Waals surface area contributed by atoms with Gasteiger partial charge in [0.2, 0.25) is 0 Å². The lowest BCUT2D eigenvalue weighted by Crippen LogP contribution is -2.36. The van der Waals surface area contributed by atoms with Gasteiger partial charge in [0.1, 0.15) is 5.92 Å². The summed E-state index contributed by atoms with van der Waals surface area (Å²) in [6.45, 7) is 3.38. The molecule has 0 amide bonds. The molecule has 0 aromatic heterocycles. The monoisotopic (exact) mass is 192 g/mol. The van der Waals surface area contributed by atoms with Crippen molar-refractivity contribution in [1.82, 2.24) is 0 Å². The van der Waals surface area contributed by atoms with Crippen molar-refractivity contribution >= 4 is 5.78 Å². The number of carbonyl (C=O) groups is 1. The highest BCUT2D eigenvalue weighted by Crippen LogP contribution is 2.40. The fourth-order valence-electron chi connectivity index (χ4n) is 1.40. The molecule has 74 valence electrons. The standard InChI is InChI=1S/C9H11F3O/c1-8(2)4-3-7(13)6(5-8)9(10,11)12/h3-4,6H,5H2,1-2H3. The summed E-state index contributed by atoms with van der Waals surface area (Å²) in [7, 11) is 0. The topological polar surface area (TPSA) is 17.1 Å².